The molecule has 12 heteroatoms. The van der Waals surface area contributed by atoms with Gasteiger partial charge in [-0.2, -0.15) is 21.0 Å². The van der Waals surface area contributed by atoms with Crippen molar-refractivity contribution in [1.82, 2.24) is 0 Å². The lowest BCUT2D eigenvalue weighted by Gasteiger charge is -2.23. The van der Waals surface area contributed by atoms with Crippen molar-refractivity contribution in [3.63, 3.8) is 0 Å². The molecule has 0 unspecified atom stereocenters. The molecule has 8 bridgehead atoms. The molecule has 0 N–H and O–H groups in total. The standard InChI is InChI=1S/C46H40N4O8/c1-5-41(53)57-45-37-19-31(9-13-49)20-38(45)24-34-16-30(8-12-48)18-36(44(34)56-28(4)52)26-40-22-32(10-14-50)21-39(46(40)58-42(54)6-2)25-35-17-29(7-11-47)15-33(23-37)43(35)55-27(3)51/h15-22H,5-10,23-26H2,1-4H3. The number of rotatable bonds is 10. The number of carbonyl (C=O) groups excluding carboxylic acids is 4. The van der Waals surface area contributed by atoms with E-state index in [1.807, 2.05) is 0 Å². The maximum absolute atomic E-state index is 13.1. The zero-order chi connectivity index (χ0) is 41.9. The van der Waals surface area contributed by atoms with Crippen LogP contribution in [0.4, 0.5) is 0 Å². The van der Waals surface area contributed by atoms with Crippen LogP contribution in [0, 0.1) is 45.3 Å². The normalized spacial score (nSPS) is 11.4. The van der Waals surface area contributed by atoms with Crippen molar-refractivity contribution in [2.45, 2.75) is 91.9 Å². The predicted octanol–water partition coefficient (Wildman–Crippen LogP) is 7.11. The highest BCUT2D eigenvalue weighted by atomic mass is 16.5. The van der Waals surface area contributed by atoms with Gasteiger partial charge < -0.3 is 18.9 Å². The molecule has 0 aliphatic heterocycles. The van der Waals surface area contributed by atoms with Crippen molar-refractivity contribution in [3.8, 4) is 47.3 Å². The minimum absolute atomic E-state index is 0.00597. The summed E-state index contributed by atoms with van der Waals surface area (Å²) in [4.78, 5) is 51.8. The number of fused-ring (bicyclic) bond motifs is 8. The Labute approximate surface area is 336 Å². The fourth-order valence-electron chi connectivity index (χ4n) is 7.13. The summed E-state index contributed by atoms with van der Waals surface area (Å²) in [7, 11) is 0. The number of nitrogens with zero attached hydrogens (tertiary/aromatic N) is 4. The van der Waals surface area contributed by atoms with Crippen molar-refractivity contribution in [1.29, 1.82) is 21.0 Å². The lowest BCUT2D eigenvalue weighted by atomic mass is 9.87. The molecule has 5 rings (SSSR count). The molecule has 0 aromatic heterocycles. The maximum atomic E-state index is 13.1. The van der Waals surface area contributed by atoms with Crippen molar-refractivity contribution < 1.29 is 38.1 Å². The largest absolute Gasteiger partial charge is 0.426 e. The minimum atomic E-state index is -0.622. The second-order valence-electron chi connectivity index (χ2n) is 13.9. The van der Waals surface area contributed by atoms with Crippen LogP contribution in [0.2, 0.25) is 0 Å². The Morgan fingerprint density at radius 2 is 0.638 bits per heavy atom. The van der Waals surface area contributed by atoms with Crippen LogP contribution in [-0.2, 0) is 70.5 Å². The van der Waals surface area contributed by atoms with E-state index in [1.165, 1.54) is 13.8 Å². The summed E-state index contributed by atoms with van der Waals surface area (Å²) in [6, 6.07) is 22.7. The molecule has 58 heavy (non-hydrogen) atoms. The van der Waals surface area contributed by atoms with E-state index < -0.39 is 23.9 Å². The molecule has 1 aliphatic carbocycles. The van der Waals surface area contributed by atoms with Gasteiger partial charge in [-0.3, -0.25) is 19.2 Å². The first-order valence-corrected chi connectivity index (χ1v) is 18.7. The zero-order valence-electron chi connectivity index (χ0n) is 32.7. The van der Waals surface area contributed by atoms with E-state index in [4.69, 9.17) is 18.9 Å². The lowest BCUT2D eigenvalue weighted by molar-refractivity contribution is -0.135. The van der Waals surface area contributed by atoms with E-state index in [1.54, 1.807) is 62.4 Å². The fourth-order valence-corrected chi connectivity index (χ4v) is 7.13. The van der Waals surface area contributed by atoms with Crippen LogP contribution < -0.4 is 18.9 Å². The SMILES string of the molecule is CCC(=O)Oc1c2cc(CC#N)cc1Cc1cc(CC#N)cc(c1OC(C)=O)Cc1cc(CC#N)cc(c1OC(=O)CC)Cc1cc(CC#N)cc(c1OC(C)=O)C2. The predicted molar refractivity (Wildman–Crippen MR) is 209 cm³/mol. The van der Waals surface area contributed by atoms with Crippen LogP contribution in [-0.4, -0.2) is 23.9 Å². The number of hydrogen-bond donors (Lipinski definition) is 0. The Hall–Kier alpha value is -7.28. The first kappa shape index (κ1) is 41.9. The van der Waals surface area contributed by atoms with Crippen molar-refractivity contribution >= 4 is 23.9 Å². The quantitative estimate of drug-likeness (QED) is 0.103. The van der Waals surface area contributed by atoms with Gasteiger partial charge in [-0.25, -0.2) is 0 Å². The van der Waals surface area contributed by atoms with Crippen molar-refractivity contribution in [2.75, 3.05) is 0 Å². The average molecular weight is 777 g/mol. The second kappa shape index (κ2) is 19.0. The van der Waals surface area contributed by atoms with Crippen LogP contribution >= 0.6 is 0 Å². The Balaban J connectivity index is 1.99. The molecule has 4 aromatic carbocycles. The van der Waals surface area contributed by atoms with E-state index >= 15 is 0 Å². The number of esters is 4. The molecule has 1 aliphatic rings. The van der Waals surface area contributed by atoms with Gasteiger partial charge in [0, 0.05) is 96.9 Å². The van der Waals surface area contributed by atoms with Gasteiger partial charge in [-0.15, -0.1) is 0 Å². The molecule has 0 radical (unpaired) electrons. The summed E-state index contributed by atoms with van der Waals surface area (Å²) >= 11 is 0. The molecule has 4 aromatic rings. The van der Waals surface area contributed by atoms with Gasteiger partial charge in [0.1, 0.15) is 23.0 Å². The van der Waals surface area contributed by atoms with Gasteiger partial charge in [0.15, 0.2) is 0 Å². The topological polar surface area (TPSA) is 200 Å². The molecular weight excluding hydrogens is 737 g/mol. The molecule has 0 spiro atoms. The summed E-state index contributed by atoms with van der Waals surface area (Å²) in [6.45, 7) is 5.83. The van der Waals surface area contributed by atoms with Gasteiger partial charge in [0.2, 0.25) is 0 Å². The second-order valence-corrected chi connectivity index (χ2v) is 13.9. The number of benzene rings is 4. The first-order chi connectivity index (χ1) is 27.9. The average Bonchev–Trinajstić information content (AvgIpc) is 3.16. The summed E-state index contributed by atoms with van der Waals surface area (Å²) in [5.74, 6) is -1.56. The Morgan fingerprint density at radius 3 is 0.810 bits per heavy atom. The van der Waals surface area contributed by atoms with E-state index in [0.29, 0.717) is 66.8 Å². The number of nitriles is 4. The summed E-state index contributed by atoms with van der Waals surface area (Å²) in [5, 5.41) is 39.3. The van der Waals surface area contributed by atoms with Crippen molar-refractivity contribution in [2.24, 2.45) is 0 Å². The molecule has 0 atom stereocenters. The highest BCUT2D eigenvalue weighted by Crippen LogP contribution is 2.41. The summed E-state index contributed by atoms with van der Waals surface area (Å²) in [5.41, 5.74) is 6.16. The Kier molecular flexibility index (Phi) is 13.7. The molecule has 0 fully saturated rings. The molecular formula is C46H40N4O8. The first-order valence-electron chi connectivity index (χ1n) is 18.7. The highest BCUT2D eigenvalue weighted by Gasteiger charge is 2.26. The van der Waals surface area contributed by atoms with E-state index in [0.717, 1.165) is 0 Å². The summed E-state index contributed by atoms with van der Waals surface area (Å²) < 4.78 is 24.0. The minimum Gasteiger partial charge on any atom is -0.426 e. The van der Waals surface area contributed by atoms with Crippen LogP contribution in [0.3, 0.4) is 0 Å². The summed E-state index contributed by atoms with van der Waals surface area (Å²) in [6.07, 6.45) is 0.113. The van der Waals surface area contributed by atoms with Crippen LogP contribution in [0.15, 0.2) is 48.5 Å². The van der Waals surface area contributed by atoms with E-state index in [2.05, 4.69) is 24.3 Å². The molecule has 12 nitrogen and oxygen atoms in total. The van der Waals surface area contributed by atoms with Gasteiger partial charge in [-0.1, -0.05) is 62.4 Å². The van der Waals surface area contributed by atoms with Crippen molar-refractivity contribution in [3.05, 3.63) is 115 Å². The third kappa shape index (κ3) is 10.1. The molecule has 292 valence electrons. The number of hydrogen-bond acceptors (Lipinski definition) is 12. The molecule has 0 saturated carbocycles. The van der Waals surface area contributed by atoms with Crippen LogP contribution in [0.1, 0.15) is 107 Å². The lowest BCUT2D eigenvalue weighted by Crippen LogP contribution is -2.15. The van der Waals surface area contributed by atoms with Gasteiger partial charge in [-0.05, 0) is 22.3 Å². The maximum Gasteiger partial charge on any atom is 0.310 e. The van der Waals surface area contributed by atoms with Gasteiger partial charge in [0.25, 0.3) is 0 Å². The molecule has 0 saturated heterocycles. The smallest absolute Gasteiger partial charge is 0.310 e. The highest BCUT2D eigenvalue weighted by molar-refractivity contribution is 5.76. The van der Waals surface area contributed by atoms with Crippen LogP contribution in [0.5, 0.6) is 23.0 Å². The third-order valence-corrected chi connectivity index (χ3v) is 9.37. The third-order valence-electron chi connectivity index (χ3n) is 9.37. The van der Waals surface area contributed by atoms with Gasteiger partial charge >= 0.3 is 23.9 Å². The molecule has 0 amide bonds. The molecule has 0 heterocycles. The number of carbonyl (C=O) groups is 4. The Morgan fingerprint density at radius 1 is 0.431 bits per heavy atom. The van der Waals surface area contributed by atoms with E-state index in [-0.39, 0.29) is 87.2 Å². The Bertz CT molecular complexity index is 2220. The zero-order valence-corrected chi connectivity index (χ0v) is 32.7. The fraction of sp³-hybridized carbons (Fsp3) is 0.304. The van der Waals surface area contributed by atoms with Gasteiger partial charge in [0.05, 0.1) is 50.0 Å². The monoisotopic (exact) mass is 776 g/mol. The number of ether oxygens (including phenoxy) is 4. The van der Waals surface area contributed by atoms with Crippen LogP contribution in [0.25, 0.3) is 0 Å². The van der Waals surface area contributed by atoms with E-state index in [9.17, 15) is 40.2 Å².